The van der Waals surface area contributed by atoms with E-state index >= 15 is 0 Å². The summed E-state index contributed by atoms with van der Waals surface area (Å²) in [6.45, 7) is 2.40. The third-order valence-electron chi connectivity index (χ3n) is 5.26. The topological polar surface area (TPSA) is 111 Å². The zero-order chi connectivity index (χ0) is 26.8. The number of halogens is 5. The first-order chi connectivity index (χ1) is 17.0. The number of rotatable bonds is 4. The Balaban J connectivity index is 0.00000176. The molecule has 0 aliphatic carbocycles. The van der Waals surface area contributed by atoms with Gasteiger partial charge in [0.25, 0.3) is 0 Å². The maximum Gasteiger partial charge on any atom is 0.418 e. The van der Waals surface area contributed by atoms with Gasteiger partial charge in [0.15, 0.2) is 23.3 Å². The Labute approximate surface area is 200 Å². The fraction of sp³-hybridized carbons (Fsp3) is 0.167. The van der Waals surface area contributed by atoms with Gasteiger partial charge in [-0.05, 0) is 44.7 Å². The van der Waals surface area contributed by atoms with E-state index in [1.807, 2.05) is 0 Å². The molecule has 0 unspecified atom stereocenters. The molecule has 0 radical (unpaired) electrons. The Morgan fingerprint density at radius 2 is 1.75 bits per heavy atom. The summed E-state index contributed by atoms with van der Waals surface area (Å²) in [7, 11) is 1.50. The van der Waals surface area contributed by atoms with Gasteiger partial charge in [0.1, 0.15) is 11.4 Å². The van der Waals surface area contributed by atoms with Crippen LogP contribution in [0, 0.1) is 25.5 Å². The van der Waals surface area contributed by atoms with Crippen molar-refractivity contribution in [2.75, 3.05) is 7.05 Å². The van der Waals surface area contributed by atoms with E-state index in [-0.39, 0.29) is 50.6 Å². The van der Waals surface area contributed by atoms with Gasteiger partial charge in [0, 0.05) is 24.0 Å². The van der Waals surface area contributed by atoms with Crippen LogP contribution in [0.4, 0.5) is 22.0 Å². The highest BCUT2D eigenvalue weighted by atomic mass is 19.4. The van der Waals surface area contributed by atoms with Crippen LogP contribution in [-0.2, 0) is 6.18 Å². The standard InChI is InChI=1S/C23H14F5N3O3.CH5N/c1-10-12(23(26,27)28)8-30-22(34-18-4-3-13(24)21(25)11(18)2)19(10)15-7-17(33)20-14(31-15)5-6-29-16(20)9-32;1-2/h3-9H,1-2H3,(H,31,33);2H2,1H3. The van der Waals surface area contributed by atoms with Crippen LogP contribution in [0.1, 0.15) is 27.2 Å². The summed E-state index contributed by atoms with van der Waals surface area (Å²) in [5, 5.41) is -0.0437. The van der Waals surface area contributed by atoms with E-state index in [1.54, 1.807) is 0 Å². The number of carbonyl (C=O) groups is 1. The quantitative estimate of drug-likeness (QED) is 0.295. The van der Waals surface area contributed by atoms with E-state index in [0.29, 0.717) is 12.5 Å². The maximum absolute atomic E-state index is 14.0. The number of fused-ring (bicyclic) bond motifs is 1. The molecule has 0 saturated heterocycles. The fourth-order valence-corrected chi connectivity index (χ4v) is 3.56. The summed E-state index contributed by atoms with van der Waals surface area (Å²) >= 11 is 0. The van der Waals surface area contributed by atoms with Crippen LogP contribution < -0.4 is 15.9 Å². The second kappa shape index (κ2) is 10.2. The highest BCUT2D eigenvalue weighted by Gasteiger charge is 2.35. The van der Waals surface area contributed by atoms with Crippen molar-refractivity contribution in [3.05, 3.63) is 80.9 Å². The molecular weight excluding hydrogens is 487 g/mol. The Morgan fingerprint density at radius 3 is 2.39 bits per heavy atom. The number of nitrogens with one attached hydrogen (secondary N) is 1. The normalized spacial score (nSPS) is 11.1. The molecule has 0 bridgehead atoms. The number of aromatic amines is 1. The predicted molar refractivity (Wildman–Crippen MR) is 122 cm³/mol. The monoisotopic (exact) mass is 506 g/mol. The lowest BCUT2D eigenvalue weighted by Crippen LogP contribution is -2.12. The summed E-state index contributed by atoms with van der Waals surface area (Å²) in [5.74, 6) is -2.86. The molecule has 188 valence electrons. The van der Waals surface area contributed by atoms with Crippen molar-refractivity contribution in [3.63, 3.8) is 0 Å². The van der Waals surface area contributed by atoms with Crippen LogP contribution in [0.3, 0.4) is 0 Å². The van der Waals surface area contributed by atoms with Crippen molar-refractivity contribution in [3.8, 4) is 22.9 Å². The molecule has 1 aromatic carbocycles. The lowest BCUT2D eigenvalue weighted by Gasteiger charge is -2.18. The van der Waals surface area contributed by atoms with Crippen molar-refractivity contribution in [1.82, 2.24) is 15.0 Å². The third kappa shape index (κ3) is 4.80. The Hall–Kier alpha value is -4.19. The van der Waals surface area contributed by atoms with Crippen LogP contribution >= 0.6 is 0 Å². The van der Waals surface area contributed by atoms with Gasteiger partial charge >= 0.3 is 6.18 Å². The van der Waals surface area contributed by atoms with E-state index in [2.05, 4.69) is 20.7 Å². The minimum atomic E-state index is -4.77. The predicted octanol–water partition coefficient (Wildman–Crippen LogP) is 5.08. The number of hydrogen-bond donors (Lipinski definition) is 2. The van der Waals surface area contributed by atoms with E-state index in [9.17, 15) is 31.5 Å². The van der Waals surface area contributed by atoms with Gasteiger partial charge in [-0.2, -0.15) is 13.2 Å². The van der Waals surface area contributed by atoms with Gasteiger partial charge in [-0.3, -0.25) is 14.6 Å². The molecule has 0 spiro atoms. The van der Waals surface area contributed by atoms with Crippen LogP contribution in [0.5, 0.6) is 11.6 Å². The van der Waals surface area contributed by atoms with Gasteiger partial charge in [-0.15, -0.1) is 0 Å². The first-order valence-corrected chi connectivity index (χ1v) is 10.3. The number of aromatic nitrogens is 3. The number of pyridine rings is 3. The summed E-state index contributed by atoms with van der Waals surface area (Å²) in [5.41, 5.74) is 1.89. The average Bonchev–Trinajstić information content (AvgIpc) is 2.84. The maximum atomic E-state index is 14.0. The van der Waals surface area contributed by atoms with Crippen molar-refractivity contribution in [2.45, 2.75) is 20.0 Å². The van der Waals surface area contributed by atoms with E-state index in [4.69, 9.17) is 4.74 Å². The van der Waals surface area contributed by atoms with E-state index in [0.717, 1.165) is 25.1 Å². The molecule has 0 aliphatic heterocycles. The number of carbonyl (C=O) groups excluding carboxylic acids is 1. The van der Waals surface area contributed by atoms with Gasteiger partial charge in [0.2, 0.25) is 5.88 Å². The van der Waals surface area contributed by atoms with Gasteiger partial charge in [-0.25, -0.2) is 13.8 Å². The highest BCUT2D eigenvalue weighted by molar-refractivity contribution is 5.95. The second-order valence-electron chi connectivity index (χ2n) is 7.35. The molecule has 0 atom stereocenters. The molecule has 0 aliphatic rings. The third-order valence-corrected chi connectivity index (χ3v) is 5.26. The first-order valence-electron chi connectivity index (χ1n) is 10.3. The van der Waals surface area contributed by atoms with Gasteiger partial charge in [0.05, 0.1) is 27.7 Å². The Kier molecular flexibility index (Phi) is 7.48. The van der Waals surface area contributed by atoms with Crippen molar-refractivity contribution in [2.24, 2.45) is 5.73 Å². The fourth-order valence-electron chi connectivity index (χ4n) is 3.56. The number of aldehydes is 1. The Bertz CT molecular complexity index is 1520. The molecule has 3 N–H and O–H groups in total. The van der Waals surface area contributed by atoms with Gasteiger partial charge in [-0.1, -0.05) is 0 Å². The first kappa shape index (κ1) is 26.4. The second-order valence-corrected chi connectivity index (χ2v) is 7.35. The van der Waals surface area contributed by atoms with Crippen LogP contribution in [-0.4, -0.2) is 28.3 Å². The SMILES string of the molecule is CN.Cc1c(Oc2ncc(C(F)(F)F)c(C)c2-c2cc(=O)c3c(C=O)nccc3[nH]2)ccc(F)c1F. The molecule has 0 amide bonds. The van der Waals surface area contributed by atoms with Crippen molar-refractivity contribution >= 4 is 17.2 Å². The number of benzene rings is 1. The average molecular weight is 506 g/mol. The number of ether oxygens (including phenoxy) is 1. The number of nitrogens with zero attached hydrogens (tertiary/aromatic N) is 2. The number of alkyl halides is 3. The number of H-pyrrole nitrogens is 1. The summed E-state index contributed by atoms with van der Waals surface area (Å²) in [6.07, 6.45) is -2.58. The lowest BCUT2D eigenvalue weighted by molar-refractivity contribution is -0.138. The molecule has 4 rings (SSSR count). The molecule has 36 heavy (non-hydrogen) atoms. The number of hydrogen-bond acceptors (Lipinski definition) is 6. The smallest absolute Gasteiger partial charge is 0.418 e. The zero-order valence-corrected chi connectivity index (χ0v) is 19.1. The molecule has 3 aromatic heterocycles. The molecule has 3 heterocycles. The Morgan fingerprint density at radius 1 is 1.06 bits per heavy atom. The van der Waals surface area contributed by atoms with Crippen molar-refractivity contribution in [1.29, 1.82) is 0 Å². The van der Waals surface area contributed by atoms with E-state index in [1.165, 1.54) is 26.2 Å². The summed E-state index contributed by atoms with van der Waals surface area (Å²) < 4.78 is 73.9. The van der Waals surface area contributed by atoms with Crippen LogP contribution in [0.15, 0.2) is 41.5 Å². The molecule has 7 nitrogen and oxygen atoms in total. The van der Waals surface area contributed by atoms with E-state index < -0.39 is 28.8 Å². The minimum absolute atomic E-state index is 0.0437. The molecule has 12 heteroatoms. The molecule has 0 fully saturated rings. The summed E-state index contributed by atoms with van der Waals surface area (Å²) in [6, 6.07) is 4.29. The minimum Gasteiger partial charge on any atom is -0.438 e. The van der Waals surface area contributed by atoms with Gasteiger partial charge < -0.3 is 15.5 Å². The molecule has 4 aromatic rings. The van der Waals surface area contributed by atoms with Crippen LogP contribution in [0.25, 0.3) is 22.2 Å². The largest absolute Gasteiger partial charge is 0.438 e. The number of nitrogens with two attached hydrogens (primary N) is 1. The molecular formula is C24H19F5N4O3. The zero-order valence-electron chi connectivity index (χ0n) is 19.1. The molecule has 0 saturated carbocycles. The summed E-state index contributed by atoms with van der Waals surface area (Å²) in [4.78, 5) is 34.4. The van der Waals surface area contributed by atoms with Crippen molar-refractivity contribution < 1.29 is 31.5 Å². The highest BCUT2D eigenvalue weighted by Crippen LogP contribution is 2.41. The van der Waals surface area contributed by atoms with Crippen LogP contribution in [0.2, 0.25) is 0 Å². The lowest BCUT2D eigenvalue weighted by atomic mass is 10.0.